The third kappa shape index (κ3) is 2.25. The second-order valence-electron chi connectivity index (χ2n) is 3.86. The van der Waals surface area contributed by atoms with Crippen molar-refractivity contribution in [1.29, 1.82) is 0 Å². The fourth-order valence-electron chi connectivity index (χ4n) is 1.61. The van der Waals surface area contributed by atoms with Crippen LogP contribution in [0.15, 0.2) is 30.3 Å². The second kappa shape index (κ2) is 4.41. The molecule has 2 aromatic rings. The van der Waals surface area contributed by atoms with Gasteiger partial charge in [-0.15, -0.1) is 0 Å². The quantitative estimate of drug-likeness (QED) is 0.832. The monoisotopic (exact) mass is 213 g/mol. The van der Waals surface area contributed by atoms with Gasteiger partial charge in [0.1, 0.15) is 5.82 Å². The number of benzene rings is 1. The van der Waals surface area contributed by atoms with Gasteiger partial charge in [-0.2, -0.15) is 0 Å². The van der Waals surface area contributed by atoms with E-state index in [1.54, 1.807) is 0 Å². The molecule has 0 radical (unpaired) electrons. The molecule has 82 valence electrons. The highest BCUT2D eigenvalue weighted by Gasteiger charge is 2.03. The molecule has 0 saturated carbocycles. The fraction of sp³-hybridized carbons (Fsp3) is 0.231. The summed E-state index contributed by atoms with van der Waals surface area (Å²) in [4.78, 5) is 8.67. The molecule has 0 aliphatic heterocycles. The molecule has 0 saturated heterocycles. The lowest BCUT2D eigenvalue weighted by Gasteiger charge is -2.05. The Bertz CT molecular complexity index is 489. The molecular weight excluding hydrogens is 198 g/mol. The number of aromatic nitrogens is 2. The number of hydrogen-bond donors (Lipinski definition) is 1. The van der Waals surface area contributed by atoms with Crippen molar-refractivity contribution in [2.45, 2.75) is 20.4 Å². The minimum absolute atomic E-state index is 0.447. The number of nitrogens with zero attached hydrogens (tertiary/aromatic N) is 2. The van der Waals surface area contributed by atoms with Crippen molar-refractivity contribution in [3.05, 3.63) is 47.4 Å². The first-order chi connectivity index (χ1) is 7.69. The number of nitrogens with two attached hydrogens (primary N) is 1. The van der Waals surface area contributed by atoms with Crippen molar-refractivity contribution in [3.63, 3.8) is 0 Å². The van der Waals surface area contributed by atoms with Gasteiger partial charge in [0.15, 0.2) is 0 Å². The topological polar surface area (TPSA) is 51.8 Å². The van der Waals surface area contributed by atoms with Gasteiger partial charge in [0.05, 0.1) is 11.4 Å². The summed E-state index contributed by atoms with van der Waals surface area (Å²) in [7, 11) is 0. The van der Waals surface area contributed by atoms with E-state index in [1.807, 2.05) is 13.0 Å². The molecule has 0 fully saturated rings. The minimum atomic E-state index is 0.447. The molecule has 1 aromatic heterocycles. The molecule has 3 nitrogen and oxygen atoms in total. The molecule has 0 aliphatic carbocycles. The van der Waals surface area contributed by atoms with E-state index in [2.05, 4.69) is 41.2 Å². The zero-order chi connectivity index (χ0) is 11.5. The molecule has 2 rings (SSSR count). The Morgan fingerprint density at radius 1 is 1.06 bits per heavy atom. The van der Waals surface area contributed by atoms with E-state index in [4.69, 9.17) is 5.73 Å². The zero-order valence-corrected chi connectivity index (χ0v) is 9.57. The Kier molecular flexibility index (Phi) is 2.97. The molecule has 0 bridgehead atoms. The summed E-state index contributed by atoms with van der Waals surface area (Å²) in [6.07, 6.45) is 0. The Morgan fingerprint density at radius 3 is 2.38 bits per heavy atom. The van der Waals surface area contributed by atoms with Gasteiger partial charge in [0.25, 0.3) is 0 Å². The van der Waals surface area contributed by atoms with E-state index in [0.29, 0.717) is 6.54 Å². The van der Waals surface area contributed by atoms with E-state index in [-0.39, 0.29) is 0 Å². The fourth-order valence-corrected chi connectivity index (χ4v) is 1.61. The molecule has 1 heterocycles. The predicted octanol–water partition coefficient (Wildman–Crippen LogP) is 2.22. The summed E-state index contributed by atoms with van der Waals surface area (Å²) >= 11 is 0. The molecular formula is C13H15N3. The second-order valence-corrected chi connectivity index (χ2v) is 3.86. The number of hydrogen-bond acceptors (Lipinski definition) is 3. The van der Waals surface area contributed by atoms with Crippen molar-refractivity contribution in [1.82, 2.24) is 9.97 Å². The van der Waals surface area contributed by atoms with Gasteiger partial charge in [0.2, 0.25) is 0 Å². The van der Waals surface area contributed by atoms with Crippen molar-refractivity contribution >= 4 is 0 Å². The molecule has 1 aromatic carbocycles. The van der Waals surface area contributed by atoms with Gasteiger partial charge in [-0.3, -0.25) is 0 Å². The molecule has 3 heteroatoms. The standard InChI is InChI=1S/C13H15N3/c1-9-3-5-11(6-4-9)13-7-12(8-14)15-10(2)16-13/h3-7H,8,14H2,1-2H3. The van der Waals surface area contributed by atoms with E-state index in [1.165, 1.54) is 5.56 Å². The molecule has 2 N–H and O–H groups in total. The van der Waals surface area contributed by atoms with E-state index >= 15 is 0 Å². The van der Waals surface area contributed by atoms with Gasteiger partial charge in [0, 0.05) is 12.1 Å². The summed E-state index contributed by atoms with van der Waals surface area (Å²) < 4.78 is 0. The number of aryl methyl sites for hydroxylation is 2. The van der Waals surface area contributed by atoms with Gasteiger partial charge >= 0.3 is 0 Å². The minimum Gasteiger partial charge on any atom is -0.325 e. The van der Waals surface area contributed by atoms with Crippen LogP contribution in [0.2, 0.25) is 0 Å². The highest BCUT2D eigenvalue weighted by atomic mass is 14.9. The van der Waals surface area contributed by atoms with Crippen LogP contribution in [0.5, 0.6) is 0 Å². The van der Waals surface area contributed by atoms with Crippen molar-refractivity contribution in [3.8, 4) is 11.3 Å². The molecule has 16 heavy (non-hydrogen) atoms. The van der Waals surface area contributed by atoms with Crippen LogP contribution in [0.3, 0.4) is 0 Å². The Balaban J connectivity index is 2.47. The molecule has 0 atom stereocenters. The number of rotatable bonds is 2. The summed E-state index contributed by atoms with van der Waals surface area (Å²) in [6, 6.07) is 10.2. The van der Waals surface area contributed by atoms with Crippen LogP contribution < -0.4 is 5.73 Å². The first-order valence-corrected chi connectivity index (χ1v) is 5.30. The van der Waals surface area contributed by atoms with Crippen LogP contribution >= 0.6 is 0 Å². The van der Waals surface area contributed by atoms with Crippen LogP contribution in [0.1, 0.15) is 17.1 Å². The third-order valence-corrected chi connectivity index (χ3v) is 2.45. The zero-order valence-electron chi connectivity index (χ0n) is 9.57. The molecule has 0 amide bonds. The molecule has 0 spiro atoms. The molecule has 0 aliphatic rings. The van der Waals surface area contributed by atoms with Gasteiger partial charge in [-0.05, 0) is 19.9 Å². The van der Waals surface area contributed by atoms with Crippen LogP contribution in [0.25, 0.3) is 11.3 Å². The smallest absolute Gasteiger partial charge is 0.126 e. The lowest BCUT2D eigenvalue weighted by atomic mass is 10.1. The van der Waals surface area contributed by atoms with Crippen LogP contribution in [-0.2, 0) is 6.54 Å². The summed E-state index contributed by atoms with van der Waals surface area (Å²) in [6.45, 7) is 4.40. The highest BCUT2D eigenvalue weighted by molar-refractivity contribution is 5.59. The van der Waals surface area contributed by atoms with E-state index in [9.17, 15) is 0 Å². The van der Waals surface area contributed by atoms with Crippen molar-refractivity contribution in [2.75, 3.05) is 0 Å². The van der Waals surface area contributed by atoms with E-state index in [0.717, 1.165) is 22.8 Å². The normalized spacial score (nSPS) is 10.4. The van der Waals surface area contributed by atoms with Crippen molar-refractivity contribution < 1.29 is 0 Å². The Morgan fingerprint density at radius 2 is 1.75 bits per heavy atom. The first kappa shape index (κ1) is 10.8. The average Bonchev–Trinajstić information content (AvgIpc) is 2.29. The van der Waals surface area contributed by atoms with Gasteiger partial charge in [-0.25, -0.2) is 9.97 Å². The average molecular weight is 213 g/mol. The Hall–Kier alpha value is -1.74. The highest BCUT2D eigenvalue weighted by Crippen LogP contribution is 2.18. The predicted molar refractivity (Wildman–Crippen MR) is 64.8 cm³/mol. The van der Waals surface area contributed by atoms with Crippen LogP contribution in [0, 0.1) is 13.8 Å². The lowest BCUT2D eigenvalue weighted by Crippen LogP contribution is -2.03. The summed E-state index contributed by atoms with van der Waals surface area (Å²) in [5, 5.41) is 0. The van der Waals surface area contributed by atoms with Gasteiger partial charge < -0.3 is 5.73 Å². The maximum atomic E-state index is 5.60. The molecule has 0 unspecified atom stereocenters. The third-order valence-electron chi connectivity index (χ3n) is 2.45. The first-order valence-electron chi connectivity index (χ1n) is 5.30. The SMILES string of the molecule is Cc1ccc(-c2cc(CN)nc(C)n2)cc1. The largest absolute Gasteiger partial charge is 0.325 e. The van der Waals surface area contributed by atoms with Crippen LogP contribution in [0.4, 0.5) is 0 Å². The summed E-state index contributed by atoms with van der Waals surface area (Å²) in [5.41, 5.74) is 9.76. The maximum absolute atomic E-state index is 5.60. The maximum Gasteiger partial charge on any atom is 0.126 e. The summed E-state index contributed by atoms with van der Waals surface area (Å²) in [5.74, 6) is 0.763. The van der Waals surface area contributed by atoms with Crippen molar-refractivity contribution in [2.24, 2.45) is 5.73 Å². The van der Waals surface area contributed by atoms with Crippen LogP contribution in [-0.4, -0.2) is 9.97 Å². The van der Waals surface area contributed by atoms with E-state index < -0.39 is 0 Å². The van der Waals surface area contributed by atoms with Gasteiger partial charge in [-0.1, -0.05) is 29.8 Å². The Labute approximate surface area is 95.4 Å². The lowest BCUT2D eigenvalue weighted by molar-refractivity contribution is 0.929.